The summed E-state index contributed by atoms with van der Waals surface area (Å²) in [4.78, 5) is 33.3. The summed E-state index contributed by atoms with van der Waals surface area (Å²) in [5.74, 6) is -1.86. The lowest BCUT2D eigenvalue weighted by Gasteiger charge is -2.12. The number of hydrogen-bond donors (Lipinski definition) is 3. The molecule has 26 heavy (non-hydrogen) atoms. The Morgan fingerprint density at radius 1 is 1.15 bits per heavy atom. The number of anilines is 1. The molecule has 2 rings (SSSR count). The summed E-state index contributed by atoms with van der Waals surface area (Å²) >= 11 is 4.96. The average molecular weight is 375 g/mol. The largest absolute Gasteiger partial charge is 0.478 e. The van der Waals surface area contributed by atoms with Gasteiger partial charge in [-0.05, 0) is 30.4 Å². The van der Waals surface area contributed by atoms with E-state index in [4.69, 9.17) is 22.1 Å². The first-order chi connectivity index (χ1) is 12.4. The van der Waals surface area contributed by atoms with Gasteiger partial charge in [0.25, 0.3) is 5.91 Å². The number of carboxylic acids is 1. The third-order valence-electron chi connectivity index (χ3n) is 3.08. The van der Waals surface area contributed by atoms with Crippen molar-refractivity contribution in [3.63, 3.8) is 0 Å². The van der Waals surface area contributed by atoms with Crippen molar-refractivity contribution in [2.45, 2.75) is 0 Å². The van der Waals surface area contributed by atoms with E-state index >= 15 is 0 Å². The van der Waals surface area contributed by atoms with Crippen LogP contribution in [0.25, 0.3) is 0 Å². The molecular formula is C16H13N3O6S. The smallest absolute Gasteiger partial charge is 0.337 e. The quantitative estimate of drug-likeness (QED) is 0.398. The van der Waals surface area contributed by atoms with Crippen LogP contribution in [-0.4, -0.2) is 33.6 Å². The zero-order valence-corrected chi connectivity index (χ0v) is 14.0. The maximum absolute atomic E-state index is 11.9. The SMILES string of the molecule is O=C(COc1ccccc1[N+](=O)[O-])NC(=S)Nc1ccccc1C(=O)O. The number of aromatic carboxylic acids is 1. The molecule has 0 fully saturated rings. The van der Waals surface area contributed by atoms with Crippen molar-refractivity contribution >= 4 is 40.6 Å². The molecule has 2 aromatic carbocycles. The number of rotatable bonds is 6. The molecule has 0 heterocycles. The molecule has 1 amide bonds. The van der Waals surface area contributed by atoms with E-state index in [1.54, 1.807) is 12.1 Å². The van der Waals surface area contributed by atoms with Crippen LogP contribution in [0.1, 0.15) is 10.4 Å². The number of nitrogens with one attached hydrogen (secondary N) is 2. The lowest BCUT2D eigenvalue weighted by atomic mass is 10.2. The predicted octanol–water partition coefficient (Wildman–Crippen LogP) is 2.18. The van der Waals surface area contributed by atoms with Crippen LogP contribution in [-0.2, 0) is 4.79 Å². The number of carbonyl (C=O) groups is 2. The summed E-state index contributed by atoms with van der Waals surface area (Å²) in [6, 6.07) is 11.7. The summed E-state index contributed by atoms with van der Waals surface area (Å²) in [5, 5.41) is 24.8. The number of carboxylic acid groups (broad SMARTS) is 1. The lowest BCUT2D eigenvalue weighted by Crippen LogP contribution is -2.37. The van der Waals surface area contributed by atoms with E-state index in [1.807, 2.05) is 0 Å². The molecule has 0 bridgehead atoms. The Labute approximate surface area is 152 Å². The van der Waals surface area contributed by atoms with E-state index in [2.05, 4.69) is 10.6 Å². The molecule has 0 saturated heterocycles. The molecule has 9 nitrogen and oxygen atoms in total. The number of para-hydroxylation sites is 3. The highest BCUT2D eigenvalue weighted by Crippen LogP contribution is 2.25. The van der Waals surface area contributed by atoms with Crippen molar-refractivity contribution in [1.82, 2.24) is 5.32 Å². The van der Waals surface area contributed by atoms with Crippen LogP contribution in [0, 0.1) is 10.1 Å². The molecule has 10 heteroatoms. The van der Waals surface area contributed by atoms with Gasteiger partial charge >= 0.3 is 11.7 Å². The number of nitrogens with zero attached hydrogens (tertiary/aromatic N) is 1. The molecule has 0 aliphatic carbocycles. The zero-order valence-electron chi connectivity index (χ0n) is 13.2. The first kappa shape index (κ1) is 18.8. The van der Waals surface area contributed by atoms with Crippen LogP contribution >= 0.6 is 12.2 Å². The predicted molar refractivity (Wildman–Crippen MR) is 96.4 cm³/mol. The molecule has 0 unspecified atom stereocenters. The van der Waals surface area contributed by atoms with Crippen LogP contribution in [0.15, 0.2) is 48.5 Å². The van der Waals surface area contributed by atoms with Crippen molar-refractivity contribution in [3.05, 3.63) is 64.2 Å². The monoisotopic (exact) mass is 375 g/mol. The molecule has 134 valence electrons. The van der Waals surface area contributed by atoms with E-state index in [1.165, 1.54) is 36.4 Å². The van der Waals surface area contributed by atoms with E-state index in [-0.39, 0.29) is 27.8 Å². The maximum atomic E-state index is 11.9. The molecule has 0 saturated carbocycles. The fourth-order valence-electron chi connectivity index (χ4n) is 1.97. The van der Waals surface area contributed by atoms with Gasteiger partial charge in [-0.2, -0.15) is 0 Å². The standard InChI is InChI=1S/C16H13N3O6S/c20-14(9-25-13-8-4-3-7-12(13)19(23)24)18-16(26)17-11-6-2-1-5-10(11)15(21)22/h1-8H,9H2,(H,21,22)(H2,17,18,20,26). The number of ether oxygens (including phenoxy) is 1. The summed E-state index contributed by atoms with van der Waals surface area (Å²) in [6.45, 7) is -0.507. The first-order valence-electron chi connectivity index (χ1n) is 7.18. The third kappa shape index (κ3) is 4.98. The molecule has 0 spiro atoms. The van der Waals surface area contributed by atoms with E-state index < -0.39 is 23.4 Å². The number of amides is 1. The van der Waals surface area contributed by atoms with Crippen LogP contribution in [0.2, 0.25) is 0 Å². The van der Waals surface area contributed by atoms with E-state index in [9.17, 15) is 19.7 Å². The van der Waals surface area contributed by atoms with Crippen LogP contribution in [0.3, 0.4) is 0 Å². The minimum Gasteiger partial charge on any atom is -0.478 e. The number of nitro benzene ring substituents is 1. The van der Waals surface area contributed by atoms with Crippen molar-refractivity contribution in [1.29, 1.82) is 0 Å². The number of hydrogen-bond acceptors (Lipinski definition) is 6. The van der Waals surface area contributed by atoms with Gasteiger partial charge in [0.1, 0.15) is 0 Å². The van der Waals surface area contributed by atoms with Gasteiger partial charge in [0.15, 0.2) is 17.5 Å². The van der Waals surface area contributed by atoms with E-state index in [0.29, 0.717) is 0 Å². The Hall–Kier alpha value is -3.53. The molecule has 0 radical (unpaired) electrons. The maximum Gasteiger partial charge on any atom is 0.337 e. The lowest BCUT2D eigenvalue weighted by molar-refractivity contribution is -0.385. The second kappa shape index (κ2) is 8.53. The zero-order chi connectivity index (χ0) is 19.1. The number of nitro groups is 1. The van der Waals surface area contributed by atoms with Gasteiger partial charge in [-0.1, -0.05) is 24.3 Å². The molecular weight excluding hydrogens is 362 g/mol. The van der Waals surface area contributed by atoms with Crippen LogP contribution in [0.4, 0.5) is 11.4 Å². The topological polar surface area (TPSA) is 131 Å². The number of benzene rings is 2. The van der Waals surface area contributed by atoms with Gasteiger partial charge in [-0.3, -0.25) is 20.2 Å². The van der Waals surface area contributed by atoms with Gasteiger partial charge in [-0.15, -0.1) is 0 Å². The molecule has 3 N–H and O–H groups in total. The second-order valence-corrected chi connectivity index (χ2v) is 5.27. The minimum atomic E-state index is -1.15. The number of thiocarbonyl (C=S) groups is 1. The molecule has 0 atom stereocenters. The van der Waals surface area contributed by atoms with Gasteiger partial charge < -0.3 is 15.2 Å². The Morgan fingerprint density at radius 3 is 2.50 bits per heavy atom. The first-order valence-corrected chi connectivity index (χ1v) is 7.58. The highest BCUT2D eigenvalue weighted by molar-refractivity contribution is 7.80. The molecule has 0 aromatic heterocycles. The Balaban J connectivity index is 1.94. The van der Waals surface area contributed by atoms with Gasteiger partial charge in [-0.25, -0.2) is 4.79 Å². The average Bonchev–Trinajstić information content (AvgIpc) is 2.60. The fourth-order valence-corrected chi connectivity index (χ4v) is 2.19. The van der Waals surface area contributed by atoms with Crippen LogP contribution < -0.4 is 15.4 Å². The molecule has 2 aromatic rings. The summed E-state index contributed by atoms with van der Waals surface area (Å²) in [6.07, 6.45) is 0. The summed E-state index contributed by atoms with van der Waals surface area (Å²) in [5.41, 5.74) is -0.0680. The highest BCUT2D eigenvalue weighted by atomic mass is 32.1. The Bertz CT molecular complexity index is 871. The van der Waals surface area contributed by atoms with Crippen molar-refractivity contribution < 1.29 is 24.4 Å². The fraction of sp³-hybridized carbons (Fsp3) is 0.0625. The van der Waals surface area contributed by atoms with Crippen molar-refractivity contribution in [2.24, 2.45) is 0 Å². The highest BCUT2D eigenvalue weighted by Gasteiger charge is 2.16. The third-order valence-corrected chi connectivity index (χ3v) is 3.28. The Kier molecular flexibility index (Phi) is 6.17. The van der Waals surface area contributed by atoms with Gasteiger partial charge in [0, 0.05) is 6.07 Å². The molecule has 0 aliphatic heterocycles. The minimum absolute atomic E-state index is 0.0136. The summed E-state index contributed by atoms with van der Waals surface area (Å²) < 4.78 is 5.14. The molecule has 0 aliphatic rings. The van der Waals surface area contributed by atoms with E-state index in [0.717, 1.165) is 0 Å². The Morgan fingerprint density at radius 2 is 1.81 bits per heavy atom. The van der Waals surface area contributed by atoms with Crippen molar-refractivity contribution in [2.75, 3.05) is 11.9 Å². The number of carbonyl (C=O) groups excluding carboxylic acids is 1. The van der Waals surface area contributed by atoms with Crippen molar-refractivity contribution in [3.8, 4) is 5.75 Å². The normalized spacial score (nSPS) is 9.85. The van der Waals surface area contributed by atoms with Crippen LogP contribution in [0.5, 0.6) is 5.75 Å². The van der Waals surface area contributed by atoms with Gasteiger partial charge in [0.2, 0.25) is 0 Å². The summed E-state index contributed by atoms with van der Waals surface area (Å²) in [7, 11) is 0. The van der Waals surface area contributed by atoms with Gasteiger partial charge in [0.05, 0.1) is 16.2 Å². The second-order valence-electron chi connectivity index (χ2n) is 4.87.